The van der Waals surface area contributed by atoms with Crippen molar-refractivity contribution < 1.29 is 0 Å². The van der Waals surface area contributed by atoms with Gasteiger partial charge < -0.3 is 10.2 Å². The highest BCUT2D eigenvalue weighted by Crippen LogP contribution is 2.26. The molecule has 1 atom stereocenters. The number of H-pyrrole nitrogens is 1. The summed E-state index contributed by atoms with van der Waals surface area (Å²) in [6.45, 7) is 2.95. The predicted molar refractivity (Wildman–Crippen MR) is 85.1 cm³/mol. The van der Waals surface area contributed by atoms with E-state index >= 15 is 0 Å². The Kier molecular flexibility index (Phi) is 4.80. The van der Waals surface area contributed by atoms with E-state index in [1.165, 1.54) is 32.1 Å². The van der Waals surface area contributed by atoms with Crippen LogP contribution in [0.3, 0.4) is 0 Å². The second-order valence-corrected chi connectivity index (χ2v) is 6.62. The smallest absolute Gasteiger partial charge is 0.285 e. The minimum absolute atomic E-state index is 0.248. The number of rotatable bonds is 4. The molecule has 1 aliphatic carbocycles. The molecule has 1 aromatic rings. The Labute approximate surface area is 130 Å². The van der Waals surface area contributed by atoms with Crippen LogP contribution in [0.2, 0.25) is 5.02 Å². The van der Waals surface area contributed by atoms with Gasteiger partial charge in [-0.15, -0.1) is 0 Å². The zero-order valence-electron chi connectivity index (χ0n) is 12.3. The second-order valence-electron chi connectivity index (χ2n) is 6.24. The molecule has 1 saturated carbocycles. The summed E-state index contributed by atoms with van der Waals surface area (Å²) in [6, 6.07) is 0.488. The van der Waals surface area contributed by atoms with Crippen molar-refractivity contribution in [1.29, 1.82) is 0 Å². The standard InChI is InChI=1S/C15H23ClN4O/c16-14-13(9-18-19-15(14)21)20-7-6-12(10-20)17-8-11-4-2-1-3-5-11/h9,11-12,17H,1-8,10H2,(H,19,21). The number of hydrogen-bond acceptors (Lipinski definition) is 4. The third-order valence-electron chi connectivity index (χ3n) is 4.73. The highest BCUT2D eigenvalue weighted by molar-refractivity contribution is 6.33. The van der Waals surface area contributed by atoms with Gasteiger partial charge in [0.25, 0.3) is 5.56 Å². The van der Waals surface area contributed by atoms with E-state index in [0.717, 1.165) is 37.7 Å². The Morgan fingerprint density at radius 1 is 1.33 bits per heavy atom. The Bertz CT molecular complexity index is 527. The highest BCUT2D eigenvalue weighted by Gasteiger charge is 2.25. The molecule has 1 saturated heterocycles. The van der Waals surface area contributed by atoms with Gasteiger partial charge in [0.05, 0.1) is 11.9 Å². The molecule has 0 spiro atoms. The summed E-state index contributed by atoms with van der Waals surface area (Å²) in [5.41, 5.74) is 0.440. The Morgan fingerprint density at radius 3 is 2.95 bits per heavy atom. The summed E-state index contributed by atoms with van der Waals surface area (Å²) in [5, 5.41) is 10.2. The number of hydrogen-bond donors (Lipinski definition) is 2. The van der Waals surface area contributed by atoms with Crippen molar-refractivity contribution in [2.45, 2.75) is 44.6 Å². The van der Waals surface area contributed by atoms with Gasteiger partial charge in [-0.3, -0.25) is 4.79 Å². The maximum Gasteiger partial charge on any atom is 0.285 e. The first-order valence-corrected chi connectivity index (χ1v) is 8.33. The lowest BCUT2D eigenvalue weighted by molar-refractivity contribution is 0.330. The van der Waals surface area contributed by atoms with Gasteiger partial charge in [0.2, 0.25) is 0 Å². The van der Waals surface area contributed by atoms with E-state index in [9.17, 15) is 4.79 Å². The Morgan fingerprint density at radius 2 is 2.14 bits per heavy atom. The van der Waals surface area contributed by atoms with Gasteiger partial charge in [0.15, 0.2) is 0 Å². The van der Waals surface area contributed by atoms with E-state index in [-0.39, 0.29) is 10.6 Å². The van der Waals surface area contributed by atoms with E-state index in [0.29, 0.717) is 6.04 Å². The van der Waals surface area contributed by atoms with Crippen molar-refractivity contribution >= 4 is 17.3 Å². The van der Waals surface area contributed by atoms with Crippen LogP contribution in [0.4, 0.5) is 5.69 Å². The quantitative estimate of drug-likeness (QED) is 0.895. The average molecular weight is 311 g/mol. The molecular weight excluding hydrogens is 288 g/mol. The monoisotopic (exact) mass is 310 g/mol. The fraction of sp³-hybridized carbons (Fsp3) is 0.733. The number of aromatic amines is 1. The summed E-state index contributed by atoms with van der Waals surface area (Å²) < 4.78 is 0. The minimum atomic E-state index is -0.312. The van der Waals surface area contributed by atoms with Gasteiger partial charge in [-0.2, -0.15) is 5.10 Å². The molecule has 0 amide bonds. The zero-order valence-corrected chi connectivity index (χ0v) is 13.0. The van der Waals surface area contributed by atoms with Crippen LogP contribution >= 0.6 is 11.6 Å². The fourth-order valence-corrected chi connectivity index (χ4v) is 3.68. The molecule has 2 fully saturated rings. The van der Waals surface area contributed by atoms with E-state index in [1.807, 2.05) is 0 Å². The molecule has 21 heavy (non-hydrogen) atoms. The van der Waals surface area contributed by atoms with Gasteiger partial charge in [0.1, 0.15) is 5.02 Å². The fourth-order valence-electron chi connectivity index (χ4n) is 3.46. The van der Waals surface area contributed by atoms with Gasteiger partial charge >= 0.3 is 0 Å². The summed E-state index contributed by atoms with van der Waals surface area (Å²) in [5.74, 6) is 0.845. The first-order chi connectivity index (χ1) is 10.2. The molecule has 0 bridgehead atoms. The molecule has 5 nitrogen and oxygen atoms in total. The van der Waals surface area contributed by atoms with Crippen molar-refractivity contribution in [1.82, 2.24) is 15.5 Å². The first-order valence-electron chi connectivity index (χ1n) is 7.95. The summed E-state index contributed by atoms with van der Waals surface area (Å²) >= 11 is 6.07. The third kappa shape index (κ3) is 3.58. The lowest BCUT2D eigenvalue weighted by Gasteiger charge is -2.24. The van der Waals surface area contributed by atoms with E-state index in [1.54, 1.807) is 6.20 Å². The van der Waals surface area contributed by atoms with Crippen molar-refractivity contribution in [3.8, 4) is 0 Å². The Balaban J connectivity index is 1.53. The highest BCUT2D eigenvalue weighted by atomic mass is 35.5. The van der Waals surface area contributed by atoms with Crippen LogP contribution in [0.5, 0.6) is 0 Å². The van der Waals surface area contributed by atoms with Crippen LogP contribution in [0.15, 0.2) is 11.0 Å². The van der Waals surface area contributed by atoms with Gasteiger partial charge in [-0.1, -0.05) is 30.9 Å². The normalized spacial score (nSPS) is 23.7. The summed E-state index contributed by atoms with van der Waals surface area (Å²) in [7, 11) is 0. The first kappa shape index (κ1) is 14.9. The van der Waals surface area contributed by atoms with Crippen LogP contribution < -0.4 is 15.8 Å². The lowest BCUT2D eigenvalue weighted by atomic mass is 9.89. The van der Waals surface area contributed by atoms with Crippen molar-refractivity contribution in [3.63, 3.8) is 0 Å². The SMILES string of the molecule is O=c1[nH]ncc(N2CCC(NCC3CCCCC3)C2)c1Cl. The summed E-state index contributed by atoms with van der Waals surface area (Å²) in [4.78, 5) is 13.7. The zero-order chi connectivity index (χ0) is 14.7. The van der Waals surface area contributed by atoms with Crippen LogP contribution in [-0.2, 0) is 0 Å². The number of anilines is 1. The average Bonchev–Trinajstić information content (AvgIpc) is 2.98. The lowest BCUT2D eigenvalue weighted by Crippen LogP contribution is -2.36. The second kappa shape index (κ2) is 6.79. The molecule has 2 aliphatic rings. The van der Waals surface area contributed by atoms with Gasteiger partial charge in [-0.05, 0) is 31.7 Å². The molecule has 116 valence electrons. The van der Waals surface area contributed by atoms with Gasteiger partial charge in [-0.25, -0.2) is 5.10 Å². The maximum atomic E-state index is 11.5. The topological polar surface area (TPSA) is 61.0 Å². The Hall–Kier alpha value is -1.07. The molecule has 0 aromatic carbocycles. The van der Waals surface area contributed by atoms with Crippen LogP contribution in [-0.4, -0.2) is 35.9 Å². The number of nitrogens with one attached hydrogen (secondary N) is 2. The van der Waals surface area contributed by atoms with Crippen molar-refractivity contribution in [3.05, 3.63) is 21.6 Å². The molecule has 2 heterocycles. The predicted octanol–water partition coefficient (Wildman–Crippen LogP) is 2.17. The molecule has 0 radical (unpaired) electrons. The maximum absolute atomic E-state index is 11.5. The van der Waals surface area contributed by atoms with E-state index in [4.69, 9.17) is 11.6 Å². The molecule has 1 aromatic heterocycles. The van der Waals surface area contributed by atoms with E-state index < -0.39 is 0 Å². The van der Waals surface area contributed by atoms with Crippen LogP contribution in [0.1, 0.15) is 38.5 Å². The number of halogens is 1. The van der Waals surface area contributed by atoms with Crippen LogP contribution in [0.25, 0.3) is 0 Å². The molecule has 1 aliphatic heterocycles. The van der Waals surface area contributed by atoms with Crippen molar-refractivity contribution in [2.24, 2.45) is 5.92 Å². The number of nitrogens with zero attached hydrogens (tertiary/aromatic N) is 2. The molecule has 2 N–H and O–H groups in total. The van der Waals surface area contributed by atoms with E-state index in [2.05, 4.69) is 20.4 Å². The molecule has 6 heteroatoms. The van der Waals surface area contributed by atoms with Gasteiger partial charge in [0, 0.05) is 19.1 Å². The summed E-state index contributed by atoms with van der Waals surface area (Å²) in [6.07, 6.45) is 9.65. The van der Waals surface area contributed by atoms with Crippen molar-refractivity contribution in [2.75, 3.05) is 24.5 Å². The minimum Gasteiger partial charge on any atom is -0.367 e. The van der Waals surface area contributed by atoms with Crippen LogP contribution in [0, 0.1) is 5.92 Å². The molecular formula is C15H23ClN4O. The molecule has 3 rings (SSSR count). The molecule has 1 unspecified atom stereocenters. The third-order valence-corrected chi connectivity index (χ3v) is 5.09. The largest absolute Gasteiger partial charge is 0.367 e. The number of aromatic nitrogens is 2.